The molecule has 19 heavy (non-hydrogen) atoms. The average molecular weight is 340 g/mol. The maximum Gasteiger partial charge on any atom is 0.268 e. The molecule has 0 radical (unpaired) electrons. The molecular weight excluding hydrogens is 329 g/mol. The fourth-order valence-corrected chi connectivity index (χ4v) is 3.75. The number of carbonyl (C=O) groups excluding carboxylic acids is 1. The molecule has 0 saturated carbocycles. The van der Waals surface area contributed by atoms with Crippen LogP contribution in [0.15, 0.2) is 28.1 Å². The molecule has 1 aromatic carbocycles. The number of hydrogen-bond donors (Lipinski definition) is 0. The molecule has 5 heteroatoms. The van der Waals surface area contributed by atoms with Gasteiger partial charge in [0.15, 0.2) is 0 Å². The zero-order valence-electron chi connectivity index (χ0n) is 10.2. The molecule has 1 aromatic heterocycles. The molecule has 0 N–H and O–H groups in total. The zero-order chi connectivity index (χ0) is 13.6. The van der Waals surface area contributed by atoms with Gasteiger partial charge < -0.3 is 4.90 Å². The molecule has 2 aromatic rings. The second-order valence-electron chi connectivity index (χ2n) is 4.55. The largest absolute Gasteiger partial charge is 0.307 e. The average Bonchev–Trinajstić information content (AvgIpc) is 2.93. The van der Waals surface area contributed by atoms with Crippen LogP contribution in [0.3, 0.4) is 0 Å². The minimum absolute atomic E-state index is 0.0526. The molecule has 1 aliphatic heterocycles. The Labute approximate surface area is 123 Å². The van der Waals surface area contributed by atoms with E-state index in [1.165, 1.54) is 23.5 Å². The number of halogens is 2. The molecule has 0 saturated heterocycles. The molecule has 0 bridgehead atoms. The summed E-state index contributed by atoms with van der Waals surface area (Å²) in [6.45, 7) is 2.57. The van der Waals surface area contributed by atoms with Gasteiger partial charge >= 0.3 is 0 Å². The van der Waals surface area contributed by atoms with Crippen LogP contribution in [0.1, 0.15) is 20.8 Å². The van der Waals surface area contributed by atoms with Gasteiger partial charge in [-0.3, -0.25) is 4.79 Å². The Morgan fingerprint density at radius 1 is 1.42 bits per heavy atom. The van der Waals surface area contributed by atoms with Crippen molar-refractivity contribution < 1.29 is 9.18 Å². The van der Waals surface area contributed by atoms with E-state index in [0.29, 0.717) is 17.1 Å². The Kier molecular flexibility index (Phi) is 3.19. The van der Waals surface area contributed by atoms with E-state index in [2.05, 4.69) is 15.9 Å². The van der Waals surface area contributed by atoms with Crippen molar-refractivity contribution >= 4 is 38.9 Å². The number of benzene rings is 1. The Balaban J connectivity index is 1.97. The normalized spacial score (nSPS) is 13.7. The number of nitrogens with zero attached hydrogens (tertiary/aromatic N) is 1. The van der Waals surface area contributed by atoms with Crippen molar-refractivity contribution in [3.05, 3.63) is 49.9 Å². The van der Waals surface area contributed by atoms with Gasteiger partial charge in [0.05, 0.1) is 14.4 Å². The number of fused-ring (bicyclic) bond motifs is 1. The smallest absolute Gasteiger partial charge is 0.268 e. The summed E-state index contributed by atoms with van der Waals surface area (Å²) in [5, 5.41) is 0. The van der Waals surface area contributed by atoms with Gasteiger partial charge in [-0.15, -0.1) is 11.3 Å². The molecule has 0 atom stereocenters. The molecule has 2 heterocycles. The highest BCUT2D eigenvalue weighted by Crippen LogP contribution is 2.33. The van der Waals surface area contributed by atoms with Gasteiger partial charge in [-0.05, 0) is 58.6 Å². The topological polar surface area (TPSA) is 20.3 Å². The van der Waals surface area contributed by atoms with Gasteiger partial charge in [0.25, 0.3) is 5.91 Å². The number of hydrogen-bond acceptors (Lipinski definition) is 2. The Hall–Kier alpha value is -1.20. The van der Waals surface area contributed by atoms with Crippen LogP contribution in [-0.4, -0.2) is 12.5 Å². The van der Waals surface area contributed by atoms with E-state index < -0.39 is 0 Å². The quantitative estimate of drug-likeness (QED) is 0.763. The van der Waals surface area contributed by atoms with E-state index in [1.54, 1.807) is 11.0 Å². The van der Waals surface area contributed by atoms with Crippen molar-refractivity contribution in [1.82, 2.24) is 0 Å². The van der Waals surface area contributed by atoms with E-state index in [-0.39, 0.29) is 11.7 Å². The number of thiophene rings is 1. The van der Waals surface area contributed by atoms with Gasteiger partial charge in [0.1, 0.15) is 5.82 Å². The minimum atomic E-state index is -0.304. The molecule has 0 aliphatic carbocycles. The van der Waals surface area contributed by atoms with Gasteiger partial charge in [-0.25, -0.2) is 4.39 Å². The summed E-state index contributed by atoms with van der Waals surface area (Å²) in [6, 6.07) is 6.51. The summed E-state index contributed by atoms with van der Waals surface area (Å²) in [6.07, 6.45) is 0.785. The third-order valence-corrected chi connectivity index (χ3v) is 5.38. The lowest BCUT2D eigenvalue weighted by Gasteiger charge is -2.16. The number of amides is 1. The van der Waals surface area contributed by atoms with Crippen molar-refractivity contribution in [3.8, 4) is 0 Å². The van der Waals surface area contributed by atoms with Crippen molar-refractivity contribution in [3.63, 3.8) is 0 Å². The lowest BCUT2D eigenvalue weighted by atomic mass is 10.2. The third-order valence-electron chi connectivity index (χ3n) is 3.26. The first kappa shape index (κ1) is 12.8. The number of rotatable bonds is 1. The molecule has 1 aliphatic rings. The summed E-state index contributed by atoms with van der Waals surface area (Å²) >= 11 is 4.84. The third kappa shape index (κ3) is 2.21. The van der Waals surface area contributed by atoms with Crippen LogP contribution in [0.5, 0.6) is 0 Å². The van der Waals surface area contributed by atoms with Crippen molar-refractivity contribution in [2.75, 3.05) is 11.4 Å². The van der Waals surface area contributed by atoms with Crippen LogP contribution >= 0.6 is 27.3 Å². The first-order chi connectivity index (χ1) is 9.06. The maximum atomic E-state index is 13.3. The lowest BCUT2D eigenvalue weighted by Crippen LogP contribution is -2.28. The minimum Gasteiger partial charge on any atom is -0.307 e. The summed E-state index contributed by atoms with van der Waals surface area (Å²) < 4.78 is 14.3. The van der Waals surface area contributed by atoms with E-state index in [4.69, 9.17) is 0 Å². The molecule has 0 spiro atoms. The van der Waals surface area contributed by atoms with Gasteiger partial charge in [-0.2, -0.15) is 0 Å². The molecule has 0 fully saturated rings. The van der Waals surface area contributed by atoms with Gasteiger partial charge in [0.2, 0.25) is 0 Å². The standard InChI is InChI=1S/C14H11BrFNOS/c1-8-6-12(19-13(8)15)14(18)17-5-4-9-2-3-10(16)7-11(9)17/h2-3,6-7H,4-5H2,1H3. The monoisotopic (exact) mass is 339 g/mol. The molecule has 2 nitrogen and oxygen atoms in total. The summed E-state index contributed by atoms with van der Waals surface area (Å²) in [5.74, 6) is -0.356. The van der Waals surface area contributed by atoms with E-state index >= 15 is 0 Å². The molecule has 0 unspecified atom stereocenters. The van der Waals surface area contributed by atoms with E-state index in [1.807, 2.05) is 13.0 Å². The fourth-order valence-electron chi connectivity index (χ4n) is 2.26. The Bertz CT molecular complexity index is 648. The molecule has 1 amide bonds. The first-order valence-corrected chi connectivity index (χ1v) is 7.53. The highest BCUT2D eigenvalue weighted by atomic mass is 79.9. The second kappa shape index (κ2) is 4.72. The summed E-state index contributed by atoms with van der Waals surface area (Å²) in [7, 11) is 0. The fraction of sp³-hybridized carbons (Fsp3) is 0.214. The van der Waals surface area contributed by atoms with Crippen molar-refractivity contribution in [2.45, 2.75) is 13.3 Å². The van der Waals surface area contributed by atoms with Crippen molar-refractivity contribution in [1.29, 1.82) is 0 Å². The van der Waals surface area contributed by atoms with E-state index in [9.17, 15) is 9.18 Å². The van der Waals surface area contributed by atoms with Gasteiger partial charge in [0, 0.05) is 6.54 Å². The second-order valence-corrected chi connectivity index (χ2v) is 6.92. The van der Waals surface area contributed by atoms with Crippen LogP contribution in [-0.2, 0) is 6.42 Å². The lowest BCUT2D eigenvalue weighted by molar-refractivity contribution is 0.0993. The highest BCUT2D eigenvalue weighted by Gasteiger charge is 2.27. The van der Waals surface area contributed by atoms with Crippen LogP contribution < -0.4 is 4.90 Å². The first-order valence-electron chi connectivity index (χ1n) is 5.92. The molecule has 3 rings (SSSR count). The van der Waals surface area contributed by atoms with E-state index in [0.717, 1.165) is 21.3 Å². The SMILES string of the molecule is Cc1cc(C(=O)N2CCc3ccc(F)cc32)sc1Br. The predicted octanol–water partition coefficient (Wildman–Crippen LogP) is 4.16. The molecular formula is C14H11BrFNOS. The van der Waals surface area contributed by atoms with Crippen LogP contribution in [0.25, 0.3) is 0 Å². The van der Waals surface area contributed by atoms with Crippen LogP contribution in [0.2, 0.25) is 0 Å². The van der Waals surface area contributed by atoms with Crippen molar-refractivity contribution in [2.24, 2.45) is 0 Å². The number of anilines is 1. The summed E-state index contributed by atoms with van der Waals surface area (Å²) in [5.41, 5.74) is 2.78. The molecule has 98 valence electrons. The Morgan fingerprint density at radius 3 is 2.89 bits per heavy atom. The highest BCUT2D eigenvalue weighted by molar-refractivity contribution is 9.11. The van der Waals surface area contributed by atoms with Crippen LogP contribution in [0.4, 0.5) is 10.1 Å². The van der Waals surface area contributed by atoms with Crippen LogP contribution in [0, 0.1) is 12.7 Å². The predicted molar refractivity (Wildman–Crippen MR) is 78.5 cm³/mol. The number of aryl methyl sites for hydroxylation is 1. The Morgan fingerprint density at radius 2 is 2.21 bits per heavy atom. The maximum absolute atomic E-state index is 13.3. The number of carbonyl (C=O) groups is 1. The summed E-state index contributed by atoms with van der Waals surface area (Å²) in [4.78, 5) is 14.8. The zero-order valence-corrected chi connectivity index (χ0v) is 12.6. The van der Waals surface area contributed by atoms with Gasteiger partial charge in [-0.1, -0.05) is 6.07 Å².